The number of hydrogen-bond donors (Lipinski definition) is 5. The molecule has 2 aromatic carbocycles. The third-order valence-corrected chi connectivity index (χ3v) is 3.51. The van der Waals surface area contributed by atoms with E-state index < -0.39 is 12.2 Å². The summed E-state index contributed by atoms with van der Waals surface area (Å²) in [5.41, 5.74) is 0.894. The Morgan fingerprint density at radius 1 is 1.08 bits per heavy atom. The summed E-state index contributed by atoms with van der Waals surface area (Å²) in [6.07, 6.45) is -1.56. The molecule has 2 unspecified atom stereocenters. The van der Waals surface area contributed by atoms with Crippen LogP contribution in [0.15, 0.2) is 42.7 Å². The smallest absolute Gasteiger partial charge is 0.157 e. The SMILES string of the molecule is C=C(C)[O-].Oc1cc(O)c2c(c1)OC(c1ccc(O)c(O)c1)C(O)C2. The first-order chi connectivity index (χ1) is 11.7. The van der Waals surface area contributed by atoms with E-state index in [0.29, 0.717) is 11.1 Å². The van der Waals surface area contributed by atoms with Crippen LogP contribution in [-0.4, -0.2) is 31.6 Å². The van der Waals surface area contributed by atoms with E-state index in [-0.39, 0.29) is 40.9 Å². The lowest BCUT2D eigenvalue weighted by atomic mass is 9.94. The second-order valence-corrected chi connectivity index (χ2v) is 5.70. The van der Waals surface area contributed by atoms with E-state index in [9.17, 15) is 30.6 Å². The van der Waals surface area contributed by atoms with Gasteiger partial charge in [0, 0.05) is 24.1 Å². The Morgan fingerprint density at radius 3 is 2.32 bits per heavy atom. The van der Waals surface area contributed by atoms with E-state index in [2.05, 4.69) is 6.58 Å². The van der Waals surface area contributed by atoms with Crippen molar-refractivity contribution in [2.24, 2.45) is 0 Å². The Hall–Kier alpha value is -3.06. The van der Waals surface area contributed by atoms with Crippen molar-refractivity contribution < 1.29 is 35.4 Å². The average Bonchev–Trinajstić information content (AvgIpc) is 2.50. The molecule has 1 aliphatic heterocycles. The number of rotatable bonds is 1. The van der Waals surface area contributed by atoms with Gasteiger partial charge in [0.2, 0.25) is 0 Å². The summed E-state index contributed by atoms with van der Waals surface area (Å²) < 4.78 is 5.62. The normalized spacial score (nSPS) is 18.3. The van der Waals surface area contributed by atoms with Crippen LogP contribution in [-0.2, 0) is 6.42 Å². The van der Waals surface area contributed by atoms with Crippen LogP contribution in [0.3, 0.4) is 0 Å². The molecule has 134 valence electrons. The number of allylic oxidation sites excluding steroid dienone is 1. The molecule has 0 aliphatic carbocycles. The molecule has 1 heterocycles. The van der Waals surface area contributed by atoms with E-state index in [1.807, 2.05) is 0 Å². The minimum Gasteiger partial charge on any atom is -0.876 e. The van der Waals surface area contributed by atoms with Crippen molar-refractivity contribution in [3.8, 4) is 28.7 Å². The molecule has 1 aliphatic rings. The van der Waals surface area contributed by atoms with Gasteiger partial charge in [-0.3, -0.25) is 0 Å². The maximum atomic E-state index is 10.2. The molecule has 0 bridgehead atoms. The predicted molar refractivity (Wildman–Crippen MR) is 87.4 cm³/mol. The van der Waals surface area contributed by atoms with Gasteiger partial charge in [0.1, 0.15) is 23.4 Å². The quantitative estimate of drug-likeness (QED) is 0.389. The first kappa shape index (κ1) is 18.3. The van der Waals surface area contributed by atoms with Crippen molar-refractivity contribution >= 4 is 0 Å². The highest BCUT2D eigenvalue weighted by Gasteiger charge is 2.32. The van der Waals surface area contributed by atoms with Crippen molar-refractivity contribution in [3.05, 3.63) is 53.8 Å². The number of hydrogen-bond acceptors (Lipinski definition) is 7. The van der Waals surface area contributed by atoms with Crippen LogP contribution in [0, 0.1) is 0 Å². The highest BCUT2D eigenvalue weighted by atomic mass is 16.5. The lowest BCUT2D eigenvalue weighted by Gasteiger charge is -2.31. The summed E-state index contributed by atoms with van der Waals surface area (Å²) in [6.45, 7) is 4.42. The molecule has 0 fully saturated rings. The molecule has 7 heteroatoms. The van der Waals surface area contributed by atoms with Gasteiger partial charge in [-0.15, -0.1) is 12.3 Å². The number of aliphatic hydroxyl groups is 1. The van der Waals surface area contributed by atoms with Crippen molar-refractivity contribution in [3.63, 3.8) is 0 Å². The lowest BCUT2D eigenvalue weighted by molar-refractivity contribution is -0.300. The van der Waals surface area contributed by atoms with Gasteiger partial charge >= 0.3 is 0 Å². The van der Waals surface area contributed by atoms with E-state index in [1.165, 1.54) is 37.3 Å². The standard InChI is InChI=1S/C15H14O6.C3H6O/c16-8-4-11(18)9-6-13(20)15(21-14(9)5-8)7-1-2-10(17)12(19)3-7;1-3(2)4/h1-5,13,15-20H,6H2;4H,1H2,2H3/p-1. The van der Waals surface area contributed by atoms with Crippen LogP contribution in [0.2, 0.25) is 0 Å². The number of phenolic OH excluding ortho intramolecular Hbond substituents is 4. The number of fused-ring (bicyclic) bond motifs is 1. The summed E-state index contributed by atoms with van der Waals surface area (Å²) >= 11 is 0. The van der Waals surface area contributed by atoms with E-state index in [4.69, 9.17) is 4.74 Å². The molecule has 0 spiro atoms. The topological polar surface area (TPSA) is 133 Å². The van der Waals surface area contributed by atoms with Crippen molar-refractivity contribution in [1.82, 2.24) is 0 Å². The van der Waals surface area contributed by atoms with Crippen LogP contribution in [0.25, 0.3) is 0 Å². The van der Waals surface area contributed by atoms with Gasteiger partial charge in [-0.2, -0.15) is 0 Å². The Bertz CT molecular complexity index is 781. The largest absolute Gasteiger partial charge is 0.876 e. The van der Waals surface area contributed by atoms with Crippen LogP contribution in [0.1, 0.15) is 24.2 Å². The number of ether oxygens (including phenoxy) is 1. The minimum atomic E-state index is -0.933. The Morgan fingerprint density at radius 2 is 1.72 bits per heavy atom. The minimum absolute atomic E-state index is 0.0833. The monoisotopic (exact) mass is 347 g/mol. The van der Waals surface area contributed by atoms with Gasteiger partial charge in [-0.05, 0) is 17.7 Å². The first-order valence-corrected chi connectivity index (χ1v) is 7.43. The number of phenols is 4. The third kappa shape index (κ3) is 4.27. The van der Waals surface area contributed by atoms with Gasteiger partial charge < -0.3 is 35.4 Å². The van der Waals surface area contributed by atoms with E-state index >= 15 is 0 Å². The summed E-state index contributed by atoms with van der Waals surface area (Å²) in [4.78, 5) is 0. The zero-order valence-corrected chi connectivity index (χ0v) is 13.5. The van der Waals surface area contributed by atoms with Crippen molar-refractivity contribution in [2.45, 2.75) is 25.6 Å². The predicted octanol–water partition coefficient (Wildman–Crippen LogP) is 1.43. The van der Waals surface area contributed by atoms with Crippen molar-refractivity contribution in [2.75, 3.05) is 0 Å². The molecule has 5 N–H and O–H groups in total. The van der Waals surface area contributed by atoms with Gasteiger partial charge in [-0.25, -0.2) is 0 Å². The zero-order chi connectivity index (χ0) is 18.7. The van der Waals surface area contributed by atoms with Gasteiger partial charge in [0.15, 0.2) is 11.5 Å². The average molecular weight is 347 g/mol. The molecule has 2 atom stereocenters. The molecule has 0 radical (unpaired) electrons. The van der Waals surface area contributed by atoms with Crippen LogP contribution >= 0.6 is 0 Å². The number of benzene rings is 2. The first-order valence-electron chi connectivity index (χ1n) is 7.43. The summed E-state index contributed by atoms with van der Waals surface area (Å²) in [7, 11) is 0. The molecule has 7 nitrogen and oxygen atoms in total. The van der Waals surface area contributed by atoms with Crippen LogP contribution < -0.4 is 9.84 Å². The van der Waals surface area contributed by atoms with Gasteiger partial charge in [0.05, 0.1) is 6.10 Å². The molecular weight excluding hydrogens is 328 g/mol. The molecule has 0 amide bonds. The fourth-order valence-electron chi connectivity index (χ4n) is 2.47. The molecule has 0 saturated heterocycles. The second kappa shape index (κ2) is 7.23. The van der Waals surface area contributed by atoms with Crippen LogP contribution in [0.5, 0.6) is 28.7 Å². The highest BCUT2D eigenvalue weighted by Crippen LogP contribution is 2.42. The summed E-state index contributed by atoms with van der Waals surface area (Å²) in [6, 6.07) is 6.67. The second-order valence-electron chi connectivity index (χ2n) is 5.70. The summed E-state index contributed by atoms with van der Waals surface area (Å²) in [5.74, 6) is -0.672. The fraction of sp³-hybridized carbons (Fsp3) is 0.222. The van der Waals surface area contributed by atoms with Gasteiger partial charge in [0.25, 0.3) is 0 Å². The van der Waals surface area contributed by atoms with E-state index in [1.54, 1.807) is 0 Å². The summed E-state index contributed by atoms with van der Waals surface area (Å²) in [5, 5.41) is 57.6. The highest BCUT2D eigenvalue weighted by molar-refractivity contribution is 5.52. The number of aromatic hydroxyl groups is 4. The zero-order valence-electron chi connectivity index (χ0n) is 13.5. The lowest BCUT2D eigenvalue weighted by Crippen LogP contribution is -2.30. The maximum absolute atomic E-state index is 10.2. The Labute approximate surface area is 144 Å². The van der Waals surface area contributed by atoms with Crippen LogP contribution in [0.4, 0.5) is 0 Å². The molecule has 2 aromatic rings. The number of aliphatic hydroxyl groups excluding tert-OH is 1. The molecular formula is C18H19O7-. The Kier molecular flexibility index (Phi) is 5.29. The molecule has 25 heavy (non-hydrogen) atoms. The molecule has 3 rings (SSSR count). The van der Waals surface area contributed by atoms with Gasteiger partial charge in [-0.1, -0.05) is 13.0 Å². The molecule has 0 saturated carbocycles. The Balaban J connectivity index is 0.000000511. The maximum Gasteiger partial charge on any atom is 0.157 e. The fourth-order valence-corrected chi connectivity index (χ4v) is 2.47. The van der Waals surface area contributed by atoms with Crippen molar-refractivity contribution in [1.29, 1.82) is 0 Å². The third-order valence-electron chi connectivity index (χ3n) is 3.51. The molecule has 0 aromatic heterocycles. The van der Waals surface area contributed by atoms with E-state index in [0.717, 1.165) is 0 Å².